The second-order valence-electron chi connectivity index (χ2n) is 10.9. The molecule has 0 bridgehead atoms. The van der Waals surface area contributed by atoms with Gasteiger partial charge in [-0.3, -0.25) is 4.79 Å². The van der Waals surface area contributed by atoms with Gasteiger partial charge in [0.1, 0.15) is 3.92 Å². The SMILES string of the molecule is CC(=O)O[C@@H]1O[C@H](C)[C@@H](O[Si](C)(C)C(C)(C)C)[C@H](O[Si](C)(C)C(C)(C)C)[C@H]1I. The Morgan fingerprint density at radius 3 is 1.64 bits per heavy atom. The van der Waals surface area contributed by atoms with Gasteiger partial charge in [-0.25, -0.2) is 0 Å². The zero-order valence-electron chi connectivity index (χ0n) is 19.8. The number of hydrogen-bond acceptors (Lipinski definition) is 5. The van der Waals surface area contributed by atoms with Gasteiger partial charge in [-0.05, 0) is 43.2 Å². The Hall–Kier alpha value is 0.514. The highest BCUT2D eigenvalue weighted by molar-refractivity contribution is 14.1. The van der Waals surface area contributed by atoms with E-state index in [9.17, 15) is 4.79 Å². The zero-order chi connectivity index (χ0) is 22.3. The van der Waals surface area contributed by atoms with Gasteiger partial charge in [-0.15, -0.1) is 0 Å². The number of carbonyl (C=O) groups excluding carboxylic acids is 1. The molecule has 0 amide bonds. The van der Waals surface area contributed by atoms with E-state index in [4.69, 9.17) is 18.3 Å². The van der Waals surface area contributed by atoms with Crippen LogP contribution in [-0.4, -0.2) is 51.1 Å². The minimum Gasteiger partial charge on any atom is -0.435 e. The monoisotopic (exact) mass is 544 g/mol. The lowest BCUT2D eigenvalue weighted by Crippen LogP contribution is -2.63. The quantitative estimate of drug-likeness (QED) is 0.187. The number of carbonyl (C=O) groups is 1. The van der Waals surface area contributed by atoms with E-state index < -0.39 is 22.9 Å². The molecule has 0 aromatic carbocycles. The van der Waals surface area contributed by atoms with Gasteiger partial charge < -0.3 is 18.3 Å². The van der Waals surface area contributed by atoms with Gasteiger partial charge in [0, 0.05) is 6.92 Å². The molecular formula is C20H41IO5Si2. The second-order valence-corrected chi connectivity index (χ2v) is 21.9. The van der Waals surface area contributed by atoms with Crippen LogP contribution in [0.25, 0.3) is 0 Å². The Morgan fingerprint density at radius 1 is 0.893 bits per heavy atom. The molecule has 1 rings (SSSR count). The van der Waals surface area contributed by atoms with Crippen LogP contribution in [0.3, 0.4) is 0 Å². The highest BCUT2D eigenvalue weighted by atomic mass is 127. The highest BCUT2D eigenvalue weighted by Crippen LogP contribution is 2.44. The lowest BCUT2D eigenvalue weighted by molar-refractivity contribution is -0.229. The molecule has 1 aliphatic heterocycles. The second kappa shape index (κ2) is 8.94. The number of ether oxygens (including phenoxy) is 2. The number of hydrogen-bond donors (Lipinski definition) is 0. The van der Waals surface area contributed by atoms with Crippen molar-refractivity contribution in [2.24, 2.45) is 0 Å². The van der Waals surface area contributed by atoms with Gasteiger partial charge in [-0.1, -0.05) is 64.1 Å². The molecule has 0 saturated carbocycles. The van der Waals surface area contributed by atoms with E-state index in [0.29, 0.717) is 0 Å². The fourth-order valence-corrected chi connectivity index (χ4v) is 6.38. The molecule has 8 heteroatoms. The fourth-order valence-electron chi connectivity index (χ4n) is 2.55. The molecule has 28 heavy (non-hydrogen) atoms. The van der Waals surface area contributed by atoms with Crippen LogP contribution in [-0.2, 0) is 23.1 Å². The normalized spacial score (nSPS) is 30.2. The van der Waals surface area contributed by atoms with E-state index >= 15 is 0 Å². The minimum absolute atomic E-state index is 0.0728. The summed E-state index contributed by atoms with van der Waals surface area (Å²) in [5.74, 6) is -0.339. The molecule has 166 valence electrons. The largest absolute Gasteiger partial charge is 0.435 e. The van der Waals surface area contributed by atoms with Crippen LogP contribution in [0.2, 0.25) is 36.3 Å². The van der Waals surface area contributed by atoms with E-state index in [1.807, 2.05) is 6.92 Å². The predicted octanol–water partition coefficient (Wildman–Crippen LogP) is 5.88. The van der Waals surface area contributed by atoms with Crippen molar-refractivity contribution in [3.8, 4) is 0 Å². The van der Waals surface area contributed by atoms with Crippen molar-refractivity contribution in [1.29, 1.82) is 0 Å². The van der Waals surface area contributed by atoms with Crippen molar-refractivity contribution in [2.45, 2.75) is 120 Å². The molecule has 0 spiro atoms. The highest BCUT2D eigenvalue weighted by Gasteiger charge is 2.52. The maximum Gasteiger partial charge on any atom is 0.304 e. The first-order chi connectivity index (χ1) is 12.3. The molecule has 0 aromatic rings. The number of alkyl halides is 1. The van der Waals surface area contributed by atoms with Gasteiger partial charge >= 0.3 is 5.97 Å². The maximum atomic E-state index is 11.6. The lowest BCUT2D eigenvalue weighted by Gasteiger charge is -2.51. The van der Waals surface area contributed by atoms with Crippen LogP contribution in [0.1, 0.15) is 55.4 Å². The Morgan fingerprint density at radius 2 is 1.29 bits per heavy atom. The summed E-state index contributed by atoms with van der Waals surface area (Å²) in [7, 11) is -4.10. The van der Waals surface area contributed by atoms with Crippen molar-refractivity contribution in [3.05, 3.63) is 0 Å². The Bertz CT molecular complexity index is 554. The van der Waals surface area contributed by atoms with E-state index in [1.165, 1.54) is 6.92 Å². The first-order valence-corrected chi connectivity index (χ1v) is 17.2. The molecule has 0 aliphatic carbocycles. The Balaban J connectivity index is 3.28. The molecule has 5 nitrogen and oxygen atoms in total. The summed E-state index contributed by atoms with van der Waals surface area (Å²) in [6.45, 7) is 25.8. The number of rotatable bonds is 5. The summed E-state index contributed by atoms with van der Waals surface area (Å²) in [4.78, 5) is 11.6. The lowest BCUT2D eigenvalue weighted by atomic mass is 10.0. The van der Waals surface area contributed by atoms with Crippen LogP contribution in [0.5, 0.6) is 0 Å². The molecule has 0 N–H and O–H groups in total. The third-order valence-corrected chi connectivity index (χ3v) is 16.7. The van der Waals surface area contributed by atoms with E-state index in [0.717, 1.165) is 0 Å². The van der Waals surface area contributed by atoms with E-state index in [1.54, 1.807) is 0 Å². The molecule has 1 saturated heterocycles. The van der Waals surface area contributed by atoms with Crippen LogP contribution < -0.4 is 0 Å². The number of halogens is 1. The first kappa shape index (κ1) is 26.5. The van der Waals surface area contributed by atoms with Crippen molar-refractivity contribution >= 4 is 45.2 Å². The van der Waals surface area contributed by atoms with Gasteiger partial charge in [0.2, 0.25) is 6.29 Å². The predicted molar refractivity (Wildman–Crippen MR) is 128 cm³/mol. The standard InChI is InChI=1S/C20H41IO5Si2/c1-13-16(25-27(9,10)19(3,4)5)17(26-28(11,12)20(6,7)8)15(21)18(23-13)24-14(2)22/h13,15-18H,1-12H3/t13-,15-,16-,17-,18+/m1/s1. The molecule has 0 radical (unpaired) electrons. The average molecular weight is 545 g/mol. The van der Waals surface area contributed by atoms with Gasteiger partial charge in [0.05, 0.1) is 18.3 Å². The first-order valence-electron chi connectivity index (χ1n) is 10.1. The zero-order valence-corrected chi connectivity index (χ0v) is 24.0. The van der Waals surface area contributed by atoms with Crippen LogP contribution in [0.15, 0.2) is 0 Å². The van der Waals surface area contributed by atoms with Crippen molar-refractivity contribution in [2.75, 3.05) is 0 Å². The molecule has 1 aliphatic rings. The van der Waals surface area contributed by atoms with Crippen LogP contribution >= 0.6 is 22.6 Å². The van der Waals surface area contributed by atoms with Crippen molar-refractivity contribution < 1.29 is 23.1 Å². The molecule has 0 aromatic heterocycles. The molecule has 1 heterocycles. The molecule has 5 atom stereocenters. The third kappa shape index (κ3) is 6.26. The minimum atomic E-state index is -2.06. The maximum absolute atomic E-state index is 11.6. The van der Waals surface area contributed by atoms with Crippen LogP contribution in [0.4, 0.5) is 0 Å². The topological polar surface area (TPSA) is 54.0 Å². The van der Waals surface area contributed by atoms with E-state index in [-0.39, 0.29) is 38.3 Å². The summed E-state index contributed by atoms with van der Waals surface area (Å²) >= 11 is 2.31. The summed E-state index contributed by atoms with van der Waals surface area (Å²) in [6, 6.07) is 0. The van der Waals surface area contributed by atoms with E-state index in [2.05, 4.69) is 90.3 Å². The summed E-state index contributed by atoms with van der Waals surface area (Å²) in [5.41, 5.74) is 0. The molecule has 0 unspecified atom stereocenters. The van der Waals surface area contributed by atoms with Gasteiger partial charge in [0.15, 0.2) is 16.6 Å². The smallest absolute Gasteiger partial charge is 0.304 e. The molecular weight excluding hydrogens is 503 g/mol. The summed E-state index contributed by atoms with van der Waals surface area (Å²) in [5, 5.41) is 0.158. The fraction of sp³-hybridized carbons (Fsp3) is 0.950. The van der Waals surface area contributed by atoms with Crippen molar-refractivity contribution in [3.63, 3.8) is 0 Å². The average Bonchev–Trinajstić information content (AvgIpc) is 2.45. The summed E-state index contributed by atoms with van der Waals surface area (Å²) in [6.07, 6.45) is -1.23. The third-order valence-electron chi connectivity index (χ3n) is 6.46. The Kier molecular flexibility index (Phi) is 8.48. The number of esters is 1. The van der Waals surface area contributed by atoms with Gasteiger partial charge in [0.25, 0.3) is 0 Å². The Labute approximate surface area is 188 Å². The van der Waals surface area contributed by atoms with Crippen molar-refractivity contribution in [1.82, 2.24) is 0 Å². The van der Waals surface area contributed by atoms with Gasteiger partial charge in [-0.2, -0.15) is 0 Å². The molecule has 1 fully saturated rings. The summed E-state index contributed by atoms with van der Waals surface area (Å²) < 4.78 is 25.1. The van der Waals surface area contributed by atoms with Crippen LogP contribution in [0, 0.1) is 0 Å².